The summed E-state index contributed by atoms with van der Waals surface area (Å²) in [7, 11) is -2.04. The summed E-state index contributed by atoms with van der Waals surface area (Å²) < 4.78 is 69.4. The number of methoxy groups -OCH3 is 1. The third kappa shape index (κ3) is 3.31. The summed E-state index contributed by atoms with van der Waals surface area (Å²) in [4.78, 5) is 15.7. The molecule has 29 heavy (non-hydrogen) atoms. The largest absolute Gasteiger partial charge is 0.495 e. The number of para-hydroxylation sites is 2. The van der Waals surface area contributed by atoms with Gasteiger partial charge in [0.15, 0.2) is 9.84 Å². The second-order valence-corrected chi connectivity index (χ2v) is 9.11. The van der Waals surface area contributed by atoms with Crippen molar-refractivity contribution < 1.29 is 31.1 Å². The lowest BCUT2D eigenvalue weighted by molar-refractivity contribution is -0.137. The second kappa shape index (κ2) is 6.65. The Morgan fingerprint density at radius 1 is 1.00 bits per heavy atom. The quantitative estimate of drug-likeness (QED) is 0.707. The van der Waals surface area contributed by atoms with E-state index in [1.54, 1.807) is 24.3 Å². The fraction of sp³-hybridized carbons (Fsp3) is 0.316. The number of fused-ring (bicyclic) bond motifs is 1. The van der Waals surface area contributed by atoms with Gasteiger partial charge in [-0.05, 0) is 30.3 Å². The number of carbonyl (C=O) groups is 1. The van der Waals surface area contributed by atoms with Gasteiger partial charge in [-0.1, -0.05) is 18.2 Å². The summed E-state index contributed by atoms with van der Waals surface area (Å²) in [6.45, 7) is 0. The maximum Gasteiger partial charge on any atom is 0.416 e. The van der Waals surface area contributed by atoms with Crippen LogP contribution in [0, 0.1) is 0 Å². The van der Waals surface area contributed by atoms with Crippen LogP contribution < -0.4 is 14.5 Å². The molecular formula is C19H17F3N2O4S. The number of carbonyl (C=O) groups excluding carboxylic acids is 1. The van der Waals surface area contributed by atoms with Crippen LogP contribution >= 0.6 is 0 Å². The average molecular weight is 426 g/mol. The molecule has 4 rings (SSSR count). The van der Waals surface area contributed by atoms with Crippen LogP contribution in [0.15, 0.2) is 48.5 Å². The number of amides is 2. The van der Waals surface area contributed by atoms with E-state index in [0.29, 0.717) is 11.4 Å². The second-order valence-electron chi connectivity index (χ2n) is 6.95. The molecule has 154 valence electrons. The third-order valence-electron chi connectivity index (χ3n) is 5.17. The molecule has 6 nitrogen and oxygen atoms in total. The first-order valence-corrected chi connectivity index (χ1v) is 10.6. The number of hydrogen-bond acceptors (Lipinski definition) is 4. The summed E-state index contributed by atoms with van der Waals surface area (Å²) in [5.74, 6) is -0.211. The normalized spacial score (nSPS) is 23.4. The number of halogens is 3. The van der Waals surface area contributed by atoms with Crippen LogP contribution in [0.3, 0.4) is 0 Å². The van der Waals surface area contributed by atoms with Crippen molar-refractivity contribution in [3.8, 4) is 5.75 Å². The van der Waals surface area contributed by atoms with E-state index in [4.69, 9.17) is 4.74 Å². The molecular weight excluding hydrogens is 409 g/mol. The van der Waals surface area contributed by atoms with Crippen LogP contribution in [0.5, 0.6) is 5.75 Å². The number of nitrogens with zero attached hydrogens (tertiary/aromatic N) is 2. The van der Waals surface area contributed by atoms with Crippen LogP contribution in [-0.2, 0) is 16.0 Å². The molecule has 0 spiro atoms. The van der Waals surface area contributed by atoms with E-state index in [0.717, 1.165) is 17.0 Å². The lowest BCUT2D eigenvalue weighted by Crippen LogP contribution is -2.38. The highest BCUT2D eigenvalue weighted by atomic mass is 32.2. The Morgan fingerprint density at radius 2 is 1.66 bits per heavy atom. The van der Waals surface area contributed by atoms with Gasteiger partial charge in [-0.3, -0.25) is 9.80 Å². The molecule has 2 heterocycles. The van der Waals surface area contributed by atoms with Crippen molar-refractivity contribution in [1.29, 1.82) is 0 Å². The fourth-order valence-electron chi connectivity index (χ4n) is 3.95. The van der Waals surface area contributed by atoms with Crippen LogP contribution in [0.25, 0.3) is 0 Å². The van der Waals surface area contributed by atoms with E-state index in [-0.39, 0.29) is 17.2 Å². The zero-order chi connectivity index (χ0) is 21.0. The highest BCUT2D eigenvalue weighted by molar-refractivity contribution is 7.91. The first-order chi connectivity index (χ1) is 13.6. The highest BCUT2D eigenvalue weighted by Gasteiger charge is 2.55. The van der Waals surface area contributed by atoms with Gasteiger partial charge in [-0.15, -0.1) is 0 Å². The van der Waals surface area contributed by atoms with Gasteiger partial charge in [0.1, 0.15) is 5.75 Å². The first-order valence-electron chi connectivity index (χ1n) is 8.75. The van der Waals surface area contributed by atoms with Crippen LogP contribution in [0.1, 0.15) is 5.56 Å². The minimum absolute atomic E-state index is 0.00863. The molecule has 10 heteroatoms. The molecule has 2 fully saturated rings. The molecule has 2 aliphatic rings. The van der Waals surface area contributed by atoms with E-state index in [1.807, 2.05) is 0 Å². The molecule has 2 aromatic rings. The summed E-state index contributed by atoms with van der Waals surface area (Å²) >= 11 is 0. The number of anilines is 2. The maximum atomic E-state index is 13.3. The minimum Gasteiger partial charge on any atom is -0.495 e. The molecule has 0 bridgehead atoms. The zero-order valence-corrected chi connectivity index (χ0v) is 16.1. The molecule has 2 amide bonds. The highest BCUT2D eigenvalue weighted by Crippen LogP contribution is 2.42. The first kappa shape index (κ1) is 19.6. The van der Waals surface area contributed by atoms with Gasteiger partial charge in [-0.25, -0.2) is 13.2 Å². The number of rotatable bonds is 3. The Hall–Kier alpha value is -2.75. The molecule has 2 saturated heterocycles. The maximum absolute atomic E-state index is 13.3. The predicted octanol–water partition coefficient (Wildman–Crippen LogP) is 3.33. The van der Waals surface area contributed by atoms with Gasteiger partial charge >= 0.3 is 12.2 Å². The fourth-order valence-corrected chi connectivity index (χ4v) is 5.87. The number of alkyl halides is 3. The summed E-state index contributed by atoms with van der Waals surface area (Å²) in [6, 6.07) is 8.89. The molecule has 2 aromatic carbocycles. The number of sulfone groups is 1. The van der Waals surface area contributed by atoms with E-state index < -0.39 is 39.7 Å². The average Bonchev–Trinajstić information content (AvgIpc) is 3.09. The van der Waals surface area contributed by atoms with Crippen molar-refractivity contribution in [2.75, 3.05) is 28.4 Å². The molecule has 0 saturated carbocycles. The van der Waals surface area contributed by atoms with Gasteiger partial charge in [-0.2, -0.15) is 13.2 Å². The van der Waals surface area contributed by atoms with Crippen molar-refractivity contribution >= 4 is 27.2 Å². The van der Waals surface area contributed by atoms with Gasteiger partial charge in [0.2, 0.25) is 0 Å². The van der Waals surface area contributed by atoms with Crippen molar-refractivity contribution in [1.82, 2.24) is 0 Å². The topological polar surface area (TPSA) is 66.9 Å². The SMILES string of the molecule is COc1ccccc1N1C(=O)N(c2cccc(C(F)(F)F)c2)[C@@H]2CS(=O)(=O)C[C@H]21. The molecule has 0 N–H and O–H groups in total. The van der Waals surface area contributed by atoms with Gasteiger partial charge < -0.3 is 4.74 Å². The Morgan fingerprint density at radius 3 is 2.31 bits per heavy atom. The zero-order valence-electron chi connectivity index (χ0n) is 15.3. The van der Waals surface area contributed by atoms with Crippen molar-refractivity contribution in [2.24, 2.45) is 0 Å². The predicted molar refractivity (Wildman–Crippen MR) is 101 cm³/mol. The van der Waals surface area contributed by atoms with E-state index >= 15 is 0 Å². The molecule has 0 radical (unpaired) electrons. The summed E-state index contributed by atoms with van der Waals surface area (Å²) in [6.07, 6.45) is -4.58. The summed E-state index contributed by atoms with van der Waals surface area (Å²) in [5, 5.41) is 0. The number of urea groups is 1. The van der Waals surface area contributed by atoms with Crippen LogP contribution in [-0.4, -0.2) is 45.1 Å². The van der Waals surface area contributed by atoms with Crippen LogP contribution in [0.2, 0.25) is 0 Å². The molecule has 0 aromatic heterocycles. The lowest BCUT2D eigenvalue weighted by atomic mass is 10.1. The third-order valence-corrected chi connectivity index (χ3v) is 6.86. The lowest BCUT2D eigenvalue weighted by Gasteiger charge is -2.24. The van der Waals surface area contributed by atoms with Gasteiger partial charge in [0.05, 0.1) is 42.0 Å². The van der Waals surface area contributed by atoms with Crippen molar-refractivity contribution in [3.05, 3.63) is 54.1 Å². The van der Waals surface area contributed by atoms with E-state index in [9.17, 15) is 26.4 Å². The molecule has 2 atom stereocenters. The van der Waals surface area contributed by atoms with E-state index in [2.05, 4.69) is 0 Å². The molecule has 0 aliphatic carbocycles. The number of hydrogen-bond donors (Lipinski definition) is 0. The van der Waals surface area contributed by atoms with Gasteiger partial charge in [0.25, 0.3) is 0 Å². The van der Waals surface area contributed by atoms with Crippen molar-refractivity contribution in [3.63, 3.8) is 0 Å². The Kier molecular flexibility index (Phi) is 4.49. The number of benzene rings is 2. The Balaban J connectivity index is 1.83. The minimum atomic E-state index is -4.58. The monoisotopic (exact) mass is 426 g/mol. The molecule has 0 unspecified atom stereocenters. The van der Waals surface area contributed by atoms with E-state index in [1.165, 1.54) is 24.1 Å². The Bertz CT molecular complexity index is 1070. The molecule has 2 aliphatic heterocycles. The number of ether oxygens (including phenoxy) is 1. The van der Waals surface area contributed by atoms with Crippen LogP contribution in [0.4, 0.5) is 29.3 Å². The smallest absolute Gasteiger partial charge is 0.416 e. The Labute approximate surface area is 165 Å². The summed E-state index contributed by atoms with van der Waals surface area (Å²) in [5.41, 5.74) is -0.521. The van der Waals surface area contributed by atoms with Crippen molar-refractivity contribution in [2.45, 2.75) is 18.3 Å². The standard InChI is InChI=1S/C19H17F3N2O4S/c1-28-17-8-3-2-7-14(17)24-16-11-29(26,27)10-15(16)23(18(24)25)13-6-4-5-12(9-13)19(20,21)22/h2-9,15-16H,10-11H2,1H3/t15-,16-/m1/s1. The van der Waals surface area contributed by atoms with Gasteiger partial charge in [0, 0.05) is 5.69 Å².